The minimum Gasteiger partial charge on any atom is -0.314 e. The average Bonchev–Trinajstić information content (AvgIpc) is 2.36. The maximum absolute atomic E-state index is 6.38. The Hall–Kier alpha value is -0.350. The molecule has 1 aromatic heterocycles. The highest BCUT2D eigenvalue weighted by atomic mass is 35.5. The molecule has 3 nitrogen and oxygen atoms in total. The lowest BCUT2D eigenvalue weighted by Crippen LogP contribution is -2.48. The maximum atomic E-state index is 6.38. The van der Waals surface area contributed by atoms with E-state index in [1.54, 1.807) is 12.4 Å². The fourth-order valence-electron chi connectivity index (χ4n) is 3.14. The lowest BCUT2D eigenvalue weighted by Gasteiger charge is -2.43. The topological polar surface area (TPSA) is 28.2 Å². The predicted molar refractivity (Wildman–Crippen MR) is 78.8 cm³/mol. The van der Waals surface area contributed by atoms with Crippen molar-refractivity contribution in [2.45, 2.75) is 25.3 Å². The van der Waals surface area contributed by atoms with Gasteiger partial charge in [-0.05, 0) is 18.8 Å². The second-order valence-corrected chi connectivity index (χ2v) is 6.25. The van der Waals surface area contributed by atoms with Crippen molar-refractivity contribution < 1.29 is 0 Å². The van der Waals surface area contributed by atoms with E-state index in [-0.39, 0.29) is 0 Å². The third-order valence-corrected chi connectivity index (χ3v) is 4.93. The molecule has 1 atom stereocenters. The lowest BCUT2D eigenvalue weighted by atomic mass is 9.76. The fraction of sp³-hybridized carbons (Fsp3) is 0.643. The quantitative estimate of drug-likeness (QED) is 0.929. The highest BCUT2D eigenvalue weighted by Crippen LogP contribution is 2.45. The zero-order chi connectivity index (χ0) is 13.2. The Kier molecular flexibility index (Phi) is 4.27. The zero-order valence-corrected chi connectivity index (χ0v) is 12.4. The molecule has 1 saturated carbocycles. The van der Waals surface area contributed by atoms with E-state index in [0.717, 1.165) is 31.7 Å². The standard InChI is InChI=1S/C14H19Cl2N3/c15-11-8-18-9-12(16)13(11)14(10-2-1-3-10)19-6-4-17-5-7-19/h8-10,14,17H,1-7H2/t14-/m1/s1. The molecule has 0 amide bonds. The van der Waals surface area contributed by atoms with Crippen LogP contribution in [0, 0.1) is 5.92 Å². The van der Waals surface area contributed by atoms with E-state index in [4.69, 9.17) is 23.2 Å². The Morgan fingerprint density at radius 1 is 1.16 bits per heavy atom. The normalized spacial score (nSPS) is 23.1. The molecule has 0 bridgehead atoms. The van der Waals surface area contributed by atoms with Gasteiger partial charge in [-0.3, -0.25) is 9.88 Å². The third kappa shape index (κ3) is 2.75. The first-order chi connectivity index (χ1) is 9.27. The molecule has 1 aliphatic carbocycles. The summed E-state index contributed by atoms with van der Waals surface area (Å²) in [5, 5.41) is 4.83. The largest absolute Gasteiger partial charge is 0.314 e. The Labute approximate surface area is 124 Å². The fourth-order valence-corrected chi connectivity index (χ4v) is 3.72. The first-order valence-electron chi connectivity index (χ1n) is 7.01. The maximum Gasteiger partial charge on any atom is 0.0652 e. The molecule has 19 heavy (non-hydrogen) atoms. The number of hydrogen-bond acceptors (Lipinski definition) is 3. The van der Waals surface area contributed by atoms with Crippen molar-refractivity contribution in [2.24, 2.45) is 5.92 Å². The van der Waals surface area contributed by atoms with Crippen LogP contribution < -0.4 is 5.32 Å². The molecular formula is C14H19Cl2N3. The Morgan fingerprint density at radius 3 is 2.32 bits per heavy atom. The second kappa shape index (κ2) is 5.96. The molecule has 2 fully saturated rings. The average molecular weight is 300 g/mol. The van der Waals surface area contributed by atoms with Crippen molar-refractivity contribution in [3.63, 3.8) is 0 Å². The SMILES string of the molecule is Clc1cncc(Cl)c1[C@@H](C1CCC1)N1CCNCC1. The van der Waals surface area contributed by atoms with Gasteiger partial charge in [0, 0.05) is 50.2 Å². The van der Waals surface area contributed by atoms with Crippen LogP contribution in [0.5, 0.6) is 0 Å². The Morgan fingerprint density at radius 2 is 1.79 bits per heavy atom. The van der Waals surface area contributed by atoms with Crippen molar-refractivity contribution in [3.05, 3.63) is 28.0 Å². The molecule has 1 aliphatic heterocycles. The smallest absolute Gasteiger partial charge is 0.0652 e. The summed E-state index contributed by atoms with van der Waals surface area (Å²) in [5.41, 5.74) is 1.09. The van der Waals surface area contributed by atoms with Crippen molar-refractivity contribution in [2.75, 3.05) is 26.2 Å². The monoisotopic (exact) mass is 299 g/mol. The van der Waals surface area contributed by atoms with Gasteiger partial charge >= 0.3 is 0 Å². The summed E-state index contributed by atoms with van der Waals surface area (Å²) in [6, 6.07) is 0.360. The van der Waals surface area contributed by atoms with Crippen LogP contribution in [0.2, 0.25) is 10.0 Å². The molecule has 3 rings (SSSR count). The number of hydrogen-bond donors (Lipinski definition) is 1. The Balaban J connectivity index is 1.93. The molecule has 104 valence electrons. The van der Waals surface area contributed by atoms with Crippen LogP contribution in [0.3, 0.4) is 0 Å². The number of aromatic nitrogens is 1. The predicted octanol–water partition coefficient (Wildman–Crippen LogP) is 3.13. The van der Waals surface area contributed by atoms with Crippen LogP contribution in [0.1, 0.15) is 30.9 Å². The van der Waals surface area contributed by atoms with Crippen LogP contribution in [0.25, 0.3) is 0 Å². The summed E-state index contributed by atoms with van der Waals surface area (Å²) >= 11 is 12.8. The summed E-state index contributed by atoms with van der Waals surface area (Å²) < 4.78 is 0. The number of pyridine rings is 1. The lowest BCUT2D eigenvalue weighted by molar-refractivity contribution is 0.0838. The molecule has 1 N–H and O–H groups in total. The first kappa shape index (κ1) is 13.6. The van der Waals surface area contributed by atoms with Crippen molar-refractivity contribution >= 4 is 23.2 Å². The van der Waals surface area contributed by atoms with E-state index >= 15 is 0 Å². The number of nitrogens with zero attached hydrogens (tertiary/aromatic N) is 2. The molecule has 2 aliphatic rings. The first-order valence-corrected chi connectivity index (χ1v) is 7.76. The van der Waals surface area contributed by atoms with E-state index in [9.17, 15) is 0 Å². The highest BCUT2D eigenvalue weighted by molar-refractivity contribution is 6.35. The van der Waals surface area contributed by atoms with Crippen LogP contribution >= 0.6 is 23.2 Å². The highest BCUT2D eigenvalue weighted by Gasteiger charge is 2.35. The van der Waals surface area contributed by atoms with Gasteiger partial charge < -0.3 is 5.32 Å². The second-order valence-electron chi connectivity index (χ2n) is 5.44. The van der Waals surface area contributed by atoms with E-state index in [2.05, 4.69) is 15.2 Å². The summed E-state index contributed by atoms with van der Waals surface area (Å²) in [5.74, 6) is 0.690. The summed E-state index contributed by atoms with van der Waals surface area (Å²) in [6.45, 7) is 4.22. The van der Waals surface area contributed by atoms with Crippen molar-refractivity contribution in [1.29, 1.82) is 0 Å². The minimum atomic E-state index is 0.360. The Bertz CT molecular complexity index is 422. The summed E-state index contributed by atoms with van der Waals surface area (Å²) in [6.07, 6.45) is 7.33. The molecule has 1 saturated heterocycles. The van der Waals surface area contributed by atoms with Crippen LogP contribution in [-0.4, -0.2) is 36.1 Å². The van der Waals surface area contributed by atoms with Crippen LogP contribution in [0.15, 0.2) is 12.4 Å². The van der Waals surface area contributed by atoms with Gasteiger partial charge in [-0.1, -0.05) is 29.6 Å². The minimum absolute atomic E-state index is 0.360. The molecule has 0 radical (unpaired) electrons. The van der Waals surface area contributed by atoms with Gasteiger partial charge in [0.25, 0.3) is 0 Å². The van der Waals surface area contributed by atoms with Gasteiger partial charge in [0.2, 0.25) is 0 Å². The van der Waals surface area contributed by atoms with Gasteiger partial charge in [-0.25, -0.2) is 0 Å². The summed E-state index contributed by atoms with van der Waals surface area (Å²) in [7, 11) is 0. The van der Waals surface area contributed by atoms with Gasteiger partial charge in [0.15, 0.2) is 0 Å². The van der Waals surface area contributed by atoms with E-state index in [1.807, 2.05) is 0 Å². The molecule has 0 spiro atoms. The molecule has 0 unspecified atom stereocenters. The van der Waals surface area contributed by atoms with Gasteiger partial charge in [0.05, 0.1) is 10.0 Å². The van der Waals surface area contributed by atoms with Gasteiger partial charge in [-0.2, -0.15) is 0 Å². The molecule has 0 aromatic carbocycles. The van der Waals surface area contributed by atoms with Crippen molar-refractivity contribution in [1.82, 2.24) is 15.2 Å². The molecule has 1 aromatic rings. The number of piperazine rings is 1. The summed E-state index contributed by atoms with van der Waals surface area (Å²) in [4.78, 5) is 6.62. The molecule has 5 heteroatoms. The third-order valence-electron chi connectivity index (χ3n) is 4.33. The number of nitrogens with one attached hydrogen (secondary N) is 1. The molecular weight excluding hydrogens is 281 g/mol. The number of rotatable bonds is 3. The van der Waals surface area contributed by atoms with Crippen molar-refractivity contribution in [3.8, 4) is 0 Å². The zero-order valence-electron chi connectivity index (χ0n) is 10.9. The van der Waals surface area contributed by atoms with E-state index < -0.39 is 0 Å². The van der Waals surface area contributed by atoms with E-state index in [0.29, 0.717) is 22.0 Å². The van der Waals surface area contributed by atoms with Crippen LogP contribution in [-0.2, 0) is 0 Å². The van der Waals surface area contributed by atoms with E-state index in [1.165, 1.54) is 19.3 Å². The van der Waals surface area contributed by atoms with Gasteiger partial charge in [0.1, 0.15) is 0 Å². The molecule has 2 heterocycles. The number of halogens is 2. The van der Waals surface area contributed by atoms with Gasteiger partial charge in [-0.15, -0.1) is 0 Å². The van der Waals surface area contributed by atoms with Crippen LogP contribution in [0.4, 0.5) is 0 Å².